The van der Waals surface area contributed by atoms with Gasteiger partial charge in [0.25, 0.3) is 0 Å². The van der Waals surface area contributed by atoms with Gasteiger partial charge in [-0.05, 0) is 17.7 Å². The quantitative estimate of drug-likeness (QED) is 0.750. The molecule has 0 aliphatic rings. The molecule has 1 aromatic heterocycles. The number of hydrogen-bond donors (Lipinski definition) is 0. The molecular weight excluding hydrogens is 300 g/mol. The van der Waals surface area contributed by atoms with Crippen LogP contribution in [0.4, 0.5) is 0 Å². The molecule has 0 radical (unpaired) electrons. The average Bonchev–Trinajstić information content (AvgIpc) is 2.96. The van der Waals surface area contributed by atoms with Crippen LogP contribution in [-0.2, 0) is 27.2 Å². The molecule has 0 unspecified atom stereocenters. The molecule has 1 heterocycles. The molecule has 122 valence electrons. The molecule has 0 spiro atoms. The molecule has 0 atom stereocenters. The summed E-state index contributed by atoms with van der Waals surface area (Å²) in [4.78, 5) is 23.2. The Kier molecular flexibility index (Phi) is 5.35. The van der Waals surface area contributed by atoms with Crippen molar-refractivity contribution in [2.75, 3.05) is 21.3 Å². The Morgan fingerprint density at radius 2 is 1.78 bits per heavy atom. The largest absolute Gasteiger partial charge is 0.497 e. The molecule has 0 N–H and O–H groups in total. The minimum absolute atomic E-state index is 0.0381. The summed E-state index contributed by atoms with van der Waals surface area (Å²) < 4.78 is 16.0. The third kappa shape index (κ3) is 4.09. The first-order valence-corrected chi connectivity index (χ1v) is 6.91. The van der Waals surface area contributed by atoms with Crippen molar-refractivity contribution in [1.29, 1.82) is 0 Å². The number of benzene rings is 1. The minimum Gasteiger partial charge on any atom is -0.497 e. The van der Waals surface area contributed by atoms with E-state index in [-0.39, 0.29) is 12.1 Å². The van der Waals surface area contributed by atoms with Crippen LogP contribution in [0.2, 0.25) is 0 Å². The molecule has 7 nitrogen and oxygen atoms in total. The summed E-state index contributed by atoms with van der Waals surface area (Å²) >= 11 is 0. The van der Waals surface area contributed by atoms with E-state index in [0.717, 1.165) is 11.3 Å². The van der Waals surface area contributed by atoms with Crippen molar-refractivity contribution in [1.82, 2.24) is 9.78 Å². The van der Waals surface area contributed by atoms with E-state index >= 15 is 0 Å². The first-order chi connectivity index (χ1) is 11.1. The van der Waals surface area contributed by atoms with Gasteiger partial charge in [-0.15, -0.1) is 0 Å². The molecule has 1 aromatic carbocycles. The summed E-state index contributed by atoms with van der Waals surface area (Å²) in [6.45, 7) is 0.454. The Hall–Kier alpha value is -2.83. The lowest BCUT2D eigenvalue weighted by Crippen LogP contribution is -2.10. The van der Waals surface area contributed by atoms with E-state index in [1.165, 1.54) is 14.2 Å². The third-order valence-electron chi connectivity index (χ3n) is 3.28. The van der Waals surface area contributed by atoms with Gasteiger partial charge in [0.05, 0.1) is 34.3 Å². The van der Waals surface area contributed by atoms with Crippen molar-refractivity contribution in [2.45, 2.75) is 13.0 Å². The number of carbonyl (C=O) groups is 2. The van der Waals surface area contributed by atoms with E-state index < -0.39 is 11.9 Å². The van der Waals surface area contributed by atoms with Crippen LogP contribution in [0.5, 0.6) is 5.75 Å². The summed E-state index contributed by atoms with van der Waals surface area (Å²) in [5.41, 5.74) is 1.57. The van der Waals surface area contributed by atoms with E-state index in [4.69, 9.17) is 9.47 Å². The SMILES string of the molecule is COC(=O)Cc1cn(Cc2ccc(OC)cc2)nc1C(=O)OC. The van der Waals surface area contributed by atoms with Crippen molar-refractivity contribution in [2.24, 2.45) is 0 Å². The van der Waals surface area contributed by atoms with Crippen molar-refractivity contribution >= 4 is 11.9 Å². The van der Waals surface area contributed by atoms with E-state index in [1.807, 2.05) is 24.3 Å². The number of carbonyl (C=O) groups excluding carboxylic acids is 2. The molecule has 23 heavy (non-hydrogen) atoms. The number of nitrogens with zero attached hydrogens (tertiary/aromatic N) is 2. The molecule has 2 aromatic rings. The van der Waals surface area contributed by atoms with Crippen LogP contribution in [0.1, 0.15) is 21.6 Å². The number of ether oxygens (including phenoxy) is 3. The monoisotopic (exact) mass is 318 g/mol. The molecule has 7 heteroatoms. The van der Waals surface area contributed by atoms with Gasteiger partial charge in [-0.1, -0.05) is 12.1 Å². The predicted molar refractivity (Wildman–Crippen MR) is 81.4 cm³/mol. The smallest absolute Gasteiger partial charge is 0.358 e. The van der Waals surface area contributed by atoms with Gasteiger partial charge in [0, 0.05) is 11.8 Å². The molecular formula is C16H18N2O5. The highest BCUT2D eigenvalue weighted by Gasteiger charge is 2.20. The van der Waals surface area contributed by atoms with E-state index in [1.54, 1.807) is 18.0 Å². The fourth-order valence-corrected chi connectivity index (χ4v) is 2.09. The van der Waals surface area contributed by atoms with Crippen LogP contribution in [-0.4, -0.2) is 43.0 Å². The maximum Gasteiger partial charge on any atom is 0.358 e. The van der Waals surface area contributed by atoms with Gasteiger partial charge in [0.2, 0.25) is 0 Å². The van der Waals surface area contributed by atoms with Crippen LogP contribution in [0.25, 0.3) is 0 Å². The lowest BCUT2D eigenvalue weighted by atomic mass is 10.2. The fraction of sp³-hybridized carbons (Fsp3) is 0.312. The van der Waals surface area contributed by atoms with E-state index in [9.17, 15) is 9.59 Å². The van der Waals surface area contributed by atoms with Gasteiger partial charge in [0.1, 0.15) is 5.75 Å². The summed E-state index contributed by atoms with van der Waals surface area (Å²) in [6, 6.07) is 7.49. The fourth-order valence-electron chi connectivity index (χ4n) is 2.09. The topological polar surface area (TPSA) is 79.7 Å². The van der Waals surface area contributed by atoms with Gasteiger partial charge in [-0.25, -0.2) is 4.79 Å². The van der Waals surface area contributed by atoms with Gasteiger partial charge < -0.3 is 14.2 Å². The normalized spacial score (nSPS) is 10.2. The van der Waals surface area contributed by atoms with Gasteiger partial charge in [-0.3, -0.25) is 9.48 Å². The van der Waals surface area contributed by atoms with Gasteiger partial charge >= 0.3 is 11.9 Å². The maximum atomic E-state index is 11.8. The molecule has 0 saturated heterocycles. The molecule has 2 rings (SSSR count). The molecule has 0 amide bonds. The van der Waals surface area contributed by atoms with E-state index in [0.29, 0.717) is 12.1 Å². The van der Waals surface area contributed by atoms with Crippen molar-refractivity contribution in [3.8, 4) is 5.75 Å². The standard InChI is InChI=1S/C16H18N2O5/c1-21-13-6-4-11(5-7-13)9-18-10-12(8-14(19)22-2)15(17-18)16(20)23-3/h4-7,10H,8-9H2,1-3H3. The van der Waals surface area contributed by atoms with Crippen LogP contribution >= 0.6 is 0 Å². The van der Waals surface area contributed by atoms with Crippen molar-refractivity contribution in [3.05, 3.63) is 47.3 Å². The predicted octanol–water partition coefficient (Wildman–Crippen LogP) is 1.44. The second-order valence-corrected chi connectivity index (χ2v) is 4.79. The summed E-state index contributed by atoms with van der Waals surface area (Å²) in [5.74, 6) is -0.271. The van der Waals surface area contributed by atoms with E-state index in [2.05, 4.69) is 9.84 Å². The highest BCUT2D eigenvalue weighted by atomic mass is 16.5. The molecule has 0 fully saturated rings. The third-order valence-corrected chi connectivity index (χ3v) is 3.28. The Morgan fingerprint density at radius 3 is 2.35 bits per heavy atom. The Bertz CT molecular complexity index is 691. The van der Waals surface area contributed by atoms with Crippen LogP contribution in [0, 0.1) is 0 Å². The summed E-state index contributed by atoms with van der Waals surface area (Å²) in [7, 11) is 4.17. The Morgan fingerprint density at radius 1 is 1.09 bits per heavy atom. The van der Waals surface area contributed by atoms with Gasteiger partial charge in [-0.2, -0.15) is 5.10 Å². The van der Waals surface area contributed by atoms with Crippen molar-refractivity contribution in [3.63, 3.8) is 0 Å². The summed E-state index contributed by atoms with van der Waals surface area (Å²) in [6.07, 6.45) is 1.61. The number of rotatable bonds is 6. The second-order valence-electron chi connectivity index (χ2n) is 4.79. The zero-order valence-electron chi connectivity index (χ0n) is 13.2. The maximum absolute atomic E-state index is 11.8. The lowest BCUT2D eigenvalue weighted by molar-refractivity contribution is -0.139. The van der Waals surface area contributed by atoms with Crippen LogP contribution < -0.4 is 4.74 Å². The van der Waals surface area contributed by atoms with Gasteiger partial charge in [0.15, 0.2) is 5.69 Å². The zero-order chi connectivity index (χ0) is 16.8. The van der Waals surface area contributed by atoms with Crippen molar-refractivity contribution < 1.29 is 23.8 Å². The average molecular weight is 318 g/mol. The first kappa shape index (κ1) is 16.5. The zero-order valence-corrected chi connectivity index (χ0v) is 13.2. The lowest BCUT2D eigenvalue weighted by Gasteiger charge is -2.03. The number of aromatic nitrogens is 2. The highest BCUT2D eigenvalue weighted by molar-refractivity contribution is 5.90. The summed E-state index contributed by atoms with van der Waals surface area (Å²) in [5, 5.41) is 4.21. The molecule has 0 aliphatic heterocycles. The highest BCUT2D eigenvalue weighted by Crippen LogP contribution is 2.15. The molecule has 0 aliphatic carbocycles. The molecule has 0 bridgehead atoms. The number of esters is 2. The second kappa shape index (κ2) is 7.44. The number of methoxy groups -OCH3 is 3. The molecule has 0 saturated carbocycles. The Balaban J connectivity index is 2.24. The first-order valence-electron chi connectivity index (χ1n) is 6.91. The van der Waals surface area contributed by atoms with Crippen LogP contribution in [0.15, 0.2) is 30.5 Å². The Labute approximate surface area is 133 Å². The minimum atomic E-state index is -0.586. The van der Waals surface area contributed by atoms with Crippen LogP contribution in [0.3, 0.4) is 0 Å². The number of hydrogen-bond acceptors (Lipinski definition) is 6.